The van der Waals surface area contributed by atoms with E-state index in [1.54, 1.807) is 30.2 Å². The van der Waals surface area contributed by atoms with Crippen LogP contribution in [0, 0.1) is 0 Å². The quantitative estimate of drug-likeness (QED) is 0.886. The van der Waals surface area contributed by atoms with Gasteiger partial charge in [0.05, 0.1) is 19.3 Å². The summed E-state index contributed by atoms with van der Waals surface area (Å²) < 4.78 is 5.13. The molecule has 0 saturated carbocycles. The minimum Gasteiger partial charge on any atom is -0.497 e. The van der Waals surface area contributed by atoms with Crippen molar-refractivity contribution in [3.63, 3.8) is 0 Å². The number of aliphatic hydroxyl groups is 1. The number of nitrogens with zero attached hydrogens (tertiary/aromatic N) is 1. The van der Waals surface area contributed by atoms with Crippen LogP contribution in [-0.2, 0) is 0 Å². The fourth-order valence-corrected chi connectivity index (χ4v) is 2.45. The molecule has 1 amide bonds. The van der Waals surface area contributed by atoms with Crippen molar-refractivity contribution in [1.29, 1.82) is 0 Å². The van der Waals surface area contributed by atoms with Gasteiger partial charge in [0.1, 0.15) is 5.75 Å². The average molecular weight is 249 g/mol. The predicted octanol–water partition coefficient (Wildman–Crippen LogP) is 1.68. The zero-order valence-electron chi connectivity index (χ0n) is 10.8. The highest BCUT2D eigenvalue weighted by Crippen LogP contribution is 2.30. The summed E-state index contributed by atoms with van der Waals surface area (Å²) in [7, 11) is 1.58. The van der Waals surface area contributed by atoms with Crippen molar-refractivity contribution in [1.82, 2.24) is 4.90 Å². The minimum absolute atomic E-state index is 0.00269. The molecule has 1 heterocycles. The third-order valence-corrected chi connectivity index (χ3v) is 3.65. The Labute approximate surface area is 107 Å². The smallest absolute Gasteiger partial charge is 0.254 e. The summed E-state index contributed by atoms with van der Waals surface area (Å²) in [6, 6.07) is 7.13. The summed E-state index contributed by atoms with van der Waals surface area (Å²) >= 11 is 0. The molecule has 1 atom stereocenters. The van der Waals surface area contributed by atoms with Crippen LogP contribution in [0.4, 0.5) is 0 Å². The van der Waals surface area contributed by atoms with Gasteiger partial charge in [-0.3, -0.25) is 4.79 Å². The van der Waals surface area contributed by atoms with Crippen LogP contribution < -0.4 is 4.74 Å². The molecule has 0 radical (unpaired) electrons. The Morgan fingerprint density at radius 2 is 2.33 bits per heavy atom. The van der Waals surface area contributed by atoms with E-state index in [1.807, 2.05) is 13.0 Å². The van der Waals surface area contributed by atoms with E-state index in [9.17, 15) is 9.90 Å². The molecule has 1 aromatic carbocycles. The van der Waals surface area contributed by atoms with Crippen LogP contribution in [0.1, 0.15) is 30.1 Å². The fourth-order valence-electron chi connectivity index (χ4n) is 2.45. The number of hydrogen-bond donors (Lipinski definition) is 1. The first-order valence-corrected chi connectivity index (χ1v) is 6.17. The highest BCUT2D eigenvalue weighted by molar-refractivity contribution is 5.95. The topological polar surface area (TPSA) is 49.8 Å². The molecule has 0 aromatic heterocycles. The Hall–Kier alpha value is -1.55. The van der Waals surface area contributed by atoms with Gasteiger partial charge in [0.15, 0.2) is 0 Å². The molecule has 1 aromatic rings. The number of carbonyl (C=O) groups is 1. The standard InChI is InChI=1S/C14H19NO3/c1-14(10-16)7-4-8-15(14)13(17)11-5-3-6-12(9-11)18-2/h3,5-6,9,16H,4,7-8,10H2,1-2H3/t14-/m0/s1. The number of carbonyl (C=O) groups excluding carboxylic acids is 1. The van der Waals surface area contributed by atoms with Gasteiger partial charge in [-0.25, -0.2) is 0 Å². The van der Waals surface area contributed by atoms with Crippen molar-refractivity contribution >= 4 is 5.91 Å². The number of methoxy groups -OCH3 is 1. The number of rotatable bonds is 3. The molecule has 1 aliphatic heterocycles. The number of aliphatic hydroxyl groups excluding tert-OH is 1. The molecule has 1 fully saturated rings. The van der Waals surface area contributed by atoms with Crippen molar-refractivity contribution in [3.05, 3.63) is 29.8 Å². The summed E-state index contributed by atoms with van der Waals surface area (Å²) in [5.74, 6) is 0.633. The van der Waals surface area contributed by atoms with Crippen molar-refractivity contribution in [2.45, 2.75) is 25.3 Å². The molecular formula is C14H19NO3. The van der Waals surface area contributed by atoms with E-state index in [0.29, 0.717) is 17.9 Å². The van der Waals surface area contributed by atoms with Gasteiger partial charge in [-0.15, -0.1) is 0 Å². The fraction of sp³-hybridized carbons (Fsp3) is 0.500. The SMILES string of the molecule is COc1cccc(C(=O)N2CCC[C@@]2(C)CO)c1. The number of likely N-dealkylation sites (tertiary alicyclic amines) is 1. The van der Waals surface area contributed by atoms with Gasteiger partial charge < -0.3 is 14.7 Å². The monoisotopic (exact) mass is 249 g/mol. The first kappa shape index (κ1) is 12.9. The lowest BCUT2D eigenvalue weighted by atomic mass is 9.99. The summed E-state index contributed by atoms with van der Waals surface area (Å²) in [5, 5.41) is 9.47. The molecule has 0 aliphatic carbocycles. The lowest BCUT2D eigenvalue weighted by Gasteiger charge is -2.33. The van der Waals surface area contributed by atoms with Gasteiger partial charge in [0, 0.05) is 12.1 Å². The van der Waals surface area contributed by atoms with Crippen LogP contribution in [0.25, 0.3) is 0 Å². The molecule has 1 saturated heterocycles. The maximum absolute atomic E-state index is 12.4. The molecule has 2 rings (SSSR count). The van der Waals surface area contributed by atoms with Crippen LogP contribution in [0.15, 0.2) is 24.3 Å². The lowest BCUT2D eigenvalue weighted by molar-refractivity contribution is 0.0472. The van der Waals surface area contributed by atoms with Crippen molar-refractivity contribution in [2.75, 3.05) is 20.3 Å². The molecular weight excluding hydrogens is 230 g/mol. The predicted molar refractivity (Wildman–Crippen MR) is 68.8 cm³/mol. The van der Waals surface area contributed by atoms with E-state index < -0.39 is 5.54 Å². The molecule has 1 aliphatic rings. The third kappa shape index (κ3) is 2.20. The molecule has 98 valence electrons. The summed E-state index contributed by atoms with van der Waals surface area (Å²) in [6.45, 7) is 2.63. The van der Waals surface area contributed by atoms with E-state index >= 15 is 0 Å². The Balaban J connectivity index is 2.25. The Morgan fingerprint density at radius 3 is 3.00 bits per heavy atom. The van der Waals surface area contributed by atoms with Crippen molar-refractivity contribution in [2.24, 2.45) is 0 Å². The van der Waals surface area contributed by atoms with E-state index in [1.165, 1.54) is 0 Å². The van der Waals surface area contributed by atoms with Crippen LogP contribution in [-0.4, -0.2) is 41.7 Å². The Bertz CT molecular complexity index is 446. The normalized spacial score (nSPS) is 23.2. The van der Waals surface area contributed by atoms with Gasteiger partial charge in [0.25, 0.3) is 5.91 Å². The van der Waals surface area contributed by atoms with Crippen LogP contribution in [0.5, 0.6) is 5.75 Å². The molecule has 4 nitrogen and oxygen atoms in total. The zero-order chi connectivity index (χ0) is 13.2. The molecule has 18 heavy (non-hydrogen) atoms. The largest absolute Gasteiger partial charge is 0.497 e. The number of ether oxygens (including phenoxy) is 1. The van der Waals surface area contributed by atoms with Crippen LogP contribution in [0.3, 0.4) is 0 Å². The Kier molecular flexibility index (Phi) is 3.57. The summed E-state index contributed by atoms with van der Waals surface area (Å²) in [6.07, 6.45) is 1.78. The number of amides is 1. The molecule has 0 spiro atoms. The zero-order valence-corrected chi connectivity index (χ0v) is 10.8. The van der Waals surface area contributed by atoms with Crippen LogP contribution in [0.2, 0.25) is 0 Å². The maximum Gasteiger partial charge on any atom is 0.254 e. The third-order valence-electron chi connectivity index (χ3n) is 3.65. The molecule has 0 bridgehead atoms. The van der Waals surface area contributed by atoms with E-state index in [2.05, 4.69) is 0 Å². The number of benzene rings is 1. The second-order valence-electron chi connectivity index (χ2n) is 4.95. The van der Waals surface area contributed by atoms with Gasteiger partial charge >= 0.3 is 0 Å². The summed E-state index contributed by atoms with van der Waals surface area (Å²) in [5.41, 5.74) is 0.177. The van der Waals surface area contributed by atoms with Crippen molar-refractivity contribution in [3.8, 4) is 5.75 Å². The minimum atomic E-state index is -0.430. The van der Waals surface area contributed by atoms with Crippen molar-refractivity contribution < 1.29 is 14.6 Å². The van der Waals surface area contributed by atoms with E-state index in [-0.39, 0.29) is 12.5 Å². The Morgan fingerprint density at radius 1 is 1.56 bits per heavy atom. The van der Waals surface area contributed by atoms with E-state index in [4.69, 9.17) is 4.74 Å². The molecule has 1 N–H and O–H groups in total. The first-order chi connectivity index (χ1) is 8.60. The second-order valence-corrected chi connectivity index (χ2v) is 4.95. The number of hydrogen-bond acceptors (Lipinski definition) is 3. The summed E-state index contributed by atoms with van der Waals surface area (Å²) in [4.78, 5) is 14.2. The molecule has 4 heteroatoms. The maximum atomic E-state index is 12.4. The van der Waals surface area contributed by atoms with Gasteiger partial charge in [-0.2, -0.15) is 0 Å². The lowest BCUT2D eigenvalue weighted by Crippen LogP contribution is -2.47. The average Bonchev–Trinajstić information content (AvgIpc) is 2.80. The van der Waals surface area contributed by atoms with Gasteiger partial charge in [0.2, 0.25) is 0 Å². The van der Waals surface area contributed by atoms with Gasteiger partial charge in [-0.1, -0.05) is 6.07 Å². The van der Waals surface area contributed by atoms with Gasteiger partial charge in [-0.05, 0) is 38.0 Å². The second kappa shape index (κ2) is 4.98. The highest BCUT2D eigenvalue weighted by atomic mass is 16.5. The molecule has 0 unspecified atom stereocenters. The van der Waals surface area contributed by atoms with E-state index in [0.717, 1.165) is 12.8 Å². The first-order valence-electron chi connectivity index (χ1n) is 6.17. The van der Waals surface area contributed by atoms with Crippen LogP contribution >= 0.6 is 0 Å². The highest BCUT2D eigenvalue weighted by Gasteiger charge is 2.39.